The van der Waals surface area contributed by atoms with Crippen LogP contribution in [0.3, 0.4) is 0 Å². The van der Waals surface area contributed by atoms with E-state index in [1.165, 1.54) is 0 Å². The topological polar surface area (TPSA) is 47.6 Å². The first-order chi connectivity index (χ1) is 12.6. The molecule has 0 saturated carbocycles. The maximum atomic E-state index is 13.3. The summed E-state index contributed by atoms with van der Waals surface area (Å²) in [6, 6.07) is 20.0. The van der Waals surface area contributed by atoms with Crippen molar-refractivity contribution in [1.29, 1.82) is 0 Å². The zero-order valence-electron chi connectivity index (χ0n) is 15.7. The summed E-state index contributed by atoms with van der Waals surface area (Å²) in [7, 11) is -3.34. The van der Waals surface area contributed by atoms with Crippen LogP contribution in [0.5, 0.6) is 0 Å². The van der Waals surface area contributed by atoms with Gasteiger partial charge in [0.1, 0.15) is 5.78 Å². The van der Waals surface area contributed by atoms with E-state index in [9.17, 15) is 4.57 Å². The Kier molecular flexibility index (Phi) is 8.27. The molecule has 26 heavy (non-hydrogen) atoms. The van der Waals surface area contributed by atoms with Crippen LogP contribution in [0.4, 0.5) is 0 Å². The fourth-order valence-electron chi connectivity index (χ4n) is 2.67. The van der Waals surface area contributed by atoms with Gasteiger partial charge in [-0.2, -0.15) is 0 Å². The molecule has 0 heterocycles. The molecular formula is C21H28NO3P. The van der Waals surface area contributed by atoms with Crippen LogP contribution in [0.2, 0.25) is 0 Å². The predicted octanol–water partition coefficient (Wildman–Crippen LogP) is 5.64. The fraction of sp³-hybridized carbons (Fsp3) is 0.333. The van der Waals surface area contributed by atoms with Gasteiger partial charge in [0.2, 0.25) is 0 Å². The van der Waals surface area contributed by atoms with Crippen molar-refractivity contribution in [2.75, 3.05) is 13.2 Å². The van der Waals surface area contributed by atoms with E-state index in [0.29, 0.717) is 13.2 Å². The lowest BCUT2D eigenvalue weighted by Crippen LogP contribution is -2.31. The van der Waals surface area contributed by atoms with Crippen LogP contribution in [-0.2, 0) is 13.6 Å². The summed E-state index contributed by atoms with van der Waals surface area (Å²) in [5, 5.41) is 3.41. The minimum absolute atomic E-state index is 0.00383. The Morgan fingerprint density at radius 3 is 2.04 bits per heavy atom. The van der Waals surface area contributed by atoms with Crippen molar-refractivity contribution in [1.82, 2.24) is 5.32 Å². The highest BCUT2D eigenvalue weighted by atomic mass is 31.2. The third kappa shape index (κ3) is 5.93. The molecule has 2 atom stereocenters. The van der Waals surface area contributed by atoms with E-state index in [0.717, 1.165) is 11.1 Å². The van der Waals surface area contributed by atoms with Crippen molar-refractivity contribution >= 4 is 13.7 Å². The number of hydrogen-bond acceptors (Lipinski definition) is 4. The van der Waals surface area contributed by atoms with Gasteiger partial charge in [-0.3, -0.25) is 9.88 Å². The summed E-state index contributed by atoms with van der Waals surface area (Å²) in [6.07, 6.45) is 3.82. The summed E-state index contributed by atoms with van der Waals surface area (Å²) in [5.41, 5.74) is 2.15. The van der Waals surface area contributed by atoms with Crippen molar-refractivity contribution in [3.05, 3.63) is 77.9 Å². The zero-order chi connectivity index (χ0) is 18.8. The molecule has 0 fully saturated rings. The van der Waals surface area contributed by atoms with Gasteiger partial charge >= 0.3 is 7.60 Å². The Morgan fingerprint density at radius 1 is 0.962 bits per heavy atom. The molecule has 0 bridgehead atoms. The molecule has 0 radical (unpaired) electrons. The van der Waals surface area contributed by atoms with E-state index in [2.05, 4.69) is 5.32 Å². The van der Waals surface area contributed by atoms with Gasteiger partial charge in [-0.05, 0) is 31.9 Å². The molecule has 140 valence electrons. The molecule has 0 spiro atoms. The Bertz CT molecular complexity index is 709. The van der Waals surface area contributed by atoms with E-state index in [1.807, 2.05) is 93.6 Å². The van der Waals surface area contributed by atoms with Gasteiger partial charge in [0, 0.05) is 6.04 Å². The lowest BCUT2D eigenvalue weighted by Gasteiger charge is -2.28. The van der Waals surface area contributed by atoms with Crippen molar-refractivity contribution in [3.63, 3.8) is 0 Å². The molecule has 2 aromatic carbocycles. The molecule has 0 amide bonds. The lowest BCUT2D eigenvalue weighted by molar-refractivity contribution is 0.210. The van der Waals surface area contributed by atoms with E-state index >= 15 is 0 Å². The normalized spacial score (nSPS) is 14.4. The molecular weight excluding hydrogens is 345 g/mol. The van der Waals surface area contributed by atoms with E-state index in [4.69, 9.17) is 9.05 Å². The second-order valence-electron chi connectivity index (χ2n) is 5.89. The quantitative estimate of drug-likeness (QED) is 0.547. The molecule has 2 rings (SSSR count). The number of nitrogens with one attached hydrogen (secondary N) is 1. The van der Waals surface area contributed by atoms with Crippen LogP contribution in [0, 0.1) is 0 Å². The van der Waals surface area contributed by atoms with Crippen LogP contribution < -0.4 is 5.32 Å². The summed E-state index contributed by atoms with van der Waals surface area (Å²) < 4.78 is 24.5. The average Bonchev–Trinajstić information content (AvgIpc) is 2.66. The first kappa shape index (κ1) is 20.6. The van der Waals surface area contributed by atoms with Gasteiger partial charge < -0.3 is 9.05 Å². The van der Waals surface area contributed by atoms with Crippen molar-refractivity contribution < 1.29 is 13.6 Å². The highest BCUT2D eigenvalue weighted by Gasteiger charge is 2.34. The second-order valence-corrected chi connectivity index (χ2v) is 8.04. The van der Waals surface area contributed by atoms with Crippen LogP contribution in [0.15, 0.2) is 66.7 Å². The van der Waals surface area contributed by atoms with Gasteiger partial charge in [0.15, 0.2) is 0 Å². The third-order valence-corrected chi connectivity index (χ3v) is 6.19. The maximum Gasteiger partial charge on any atom is 0.351 e. The molecule has 5 heteroatoms. The molecule has 0 aromatic heterocycles. The number of benzene rings is 2. The van der Waals surface area contributed by atoms with E-state index in [-0.39, 0.29) is 6.04 Å². The first-order valence-corrected chi connectivity index (χ1v) is 10.6. The lowest BCUT2D eigenvalue weighted by atomic mass is 10.1. The molecule has 2 aromatic rings. The molecule has 0 saturated heterocycles. The zero-order valence-corrected chi connectivity index (χ0v) is 16.6. The van der Waals surface area contributed by atoms with Gasteiger partial charge in [-0.25, -0.2) is 0 Å². The summed E-state index contributed by atoms with van der Waals surface area (Å²) in [4.78, 5) is 0. The number of rotatable bonds is 10. The monoisotopic (exact) mass is 373 g/mol. The molecule has 0 aliphatic heterocycles. The van der Waals surface area contributed by atoms with Crippen LogP contribution in [-0.4, -0.2) is 19.0 Å². The van der Waals surface area contributed by atoms with Crippen molar-refractivity contribution in [2.45, 2.75) is 32.6 Å². The fourth-order valence-corrected chi connectivity index (χ4v) is 4.49. The van der Waals surface area contributed by atoms with Gasteiger partial charge in [0.25, 0.3) is 0 Å². The standard InChI is InChI=1S/C21H28NO3P/c1-4-24-26(23,25-5-2)21(17-16-19-12-8-6-9-13-19)22-18(3)20-14-10-7-11-15-20/h6-18,21-22H,4-5H2,1-3H3/b17-16+. The van der Waals surface area contributed by atoms with E-state index < -0.39 is 13.4 Å². The summed E-state index contributed by atoms with van der Waals surface area (Å²) >= 11 is 0. The summed E-state index contributed by atoms with van der Waals surface area (Å²) in [6.45, 7) is 6.35. The Morgan fingerprint density at radius 2 is 1.50 bits per heavy atom. The van der Waals surface area contributed by atoms with Crippen LogP contribution >= 0.6 is 7.60 Å². The number of hydrogen-bond donors (Lipinski definition) is 1. The predicted molar refractivity (Wildman–Crippen MR) is 108 cm³/mol. The molecule has 1 N–H and O–H groups in total. The maximum absolute atomic E-state index is 13.3. The Hall–Kier alpha value is -1.71. The van der Waals surface area contributed by atoms with Gasteiger partial charge in [0.05, 0.1) is 13.2 Å². The van der Waals surface area contributed by atoms with Gasteiger partial charge in [-0.15, -0.1) is 0 Å². The summed E-state index contributed by atoms with van der Waals surface area (Å²) in [5.74, 6) is -0.544. The highest BCUT2D eigenvalue weighted by Crippen LogP contribution is 2.53. The average molecular weight is 373 g/mol. The minimum Gasteiger partial charge on any atom is -0.308 e. The van der Waals surface area contributed by atoms with Gasteiger partial charge in [-0.1, -0.05) is 72.8 Å². The van der Waals surface area contributed by atoms with Crippen LogP contribution in [0.25, 0.3) is 6.08 Å². The minimum atomic E-state index is -3.34. The molecule has 0 aliphatic carbocycles. The molecule has 4 nitrogen and oxygen atoms in total. The smallest absolute Gasteiger partial charge is 0.308 e. The van der Waals surface area contributed by atoms with Crippen molar-refractivity contribution in [3.8, 4) is 0 Å². The first-order valence-electron chi connectivity index (χ1n) is 9.02. The Balaban J connectivity index is 2.28. The van der Waals surface area contributed by atoms with Crippen LogP contribution in [0.1, 0.15) is 37.9 Å². The Labute approximate surface area is 156 Å². The second kappa shape index (κ2) is 10.4. The SMILES string of the molecule is CCOP(=O)(OCC)C(/C=C/c1ccccc1)NC(C)c1ccccc1. The highest BCUT2D eigenvalue weighted by molar-refractivity contribution is 7.54. The van der Waals surface area contributed by atoms with Crippen molar-refractivity contribution in [2.24, 2.45) is 0 Å². The van der Waals surface area contributed by atoms with E-state index in [1.54, 1.807) is 0 Å². The molecule has 0 aliphatic rings. The largest absolute Gasteiger partial charge is 0.351 e. The molecule has 2 unspecified atom stereocenters. The third-order valence-electron chi connectivity index (χ3n) is 3.95.